The number of aldehydes is 1. The summed E-state index contributed by atoms with van der Waals surface area (Å²) < 4.78 is 0. The van der Waals surface area contributed by atoms with Crippen LogP contribution >= 0.6 is 0 Å². The lowest BCUT2D eigenvalue weighted by molar-refractivity contribution is -0.108. The molecule has 0 atom stereocenters. The smallest absolute Gasteiger partial charge is 0.121 e. The SMILES string of the molecule is N#CCN(CC#N)CCC=O. The van der Waals surface area contributed by atoms with E-state index >= 15 is 0 Å². The molecule has 0 N–H and O–H groups in total. The summed E-state index contributed by atoms with van der Waals surface area (Å²) in [6.07, 6.45) is 1.16. The van der Waals surface area contributed by atoms with E-state index in [0.717, 1.165) is 6.29 Å². The fourth-order valence-corrected chi connectivity index (χ4v) is 0.649. The van der Waals surface area contributed by atoms with Crippen molar-refractivity contribution in [3.05, 3.63) is 0 Å². The van der Waals surface area contributed by atoms with Crippen molar-refractivity contribution in [1.82, 2.24) is 4.90 Å². The zero-order valence-electron chi connectivity index (χ0n) is 6.16. The van der Waals surface area contributed by atoms with Gasteiger partial charge in [-0.1, -0.05) is 0 Å². The van der Waals surface area contributed by atoms with Crippen LogP contribution in [-0.4, -0.2) is 30.8 Å². The lowest BCUT2D eigenvalue weighted by Crippen LogP contribution is -2.25. The molecule has 0 aliphatic carbocycles. The largest absolute Gasteiger partial charge is 0.303 e. The van der Waals surface area contributed by atoms with Crippen LogP contribution in [0.2, 0.25) is 0 Å². The van der Waals surface area contributed by atoms with Gasteiger partial charge < -0.3 is 4.79 Å². The van der Waals surface area contributed by atoms with Crippen LogP contribution in [0.4, 0.5) is 0 Å². The highest BCUT2D eigenvalue weighted by atomic mass is 16.1. The van der Waals surface area contributed by atoms with Crippen LogP contribution < -0.4 is 0 Å². The van der Waals surface area contributed by atoms with Gasteiger partial charge in [0.05, 0.1) is 25.2 Å². The second kappa shape index (κ2) is 6.73. The van der Waals surface area contributed by atoms with E-state index in [4.69, 9.17) is 10.5 Å². The highest BCUT2D eigenvalue weighted by Crippen LogP contribution is 1.87. The quantitative estimate of drug-likeness (QED) is 0.407. The van der Waals surface area contributed by atoms with Crippen molar-refractivity contribution in [2.24, 2.45) is 0 Å². The van der Waals surface area contributed by atoms with Gasteiger partial charge in [-0.15, -0.1) is 0 Å². The van der Waals surface area contributed by atoms with Gasteiger partial charge >= 0.3 is 0 Å². The predicted octanol–water partition coefficient (Wildman–Crippen LogP) is -0.0754. The Morgan fingerprint density at radius 3 is 2.18 bits per heavy atom. The Labute approximate surface area is 65.6 Å². The summed E-state index contributed by atoms with van der Waals surface area (Å²) in [6.45, 7) is 0.910. The van der Waals surface area contributed by atoms with Gasteiger partial charge in [0, 0.05) is 13.0 Å². The molecule has 0 heterocycles. The van der Waals surface area contributed by atoms with Gasteiger partial charge in [-0.25, -0.2) is 0 Å². The monoisotopic (exact) mass is 151 g/mol. The van der Waals surface area contributed by atoms with Gasteiger partial charge in [-0.05, 0) is 0 Å². The van der Waals surface area contributed by atoms with Gasteiger partial charge in [0.1, 0.15) is 6.29 Å². The maximum absolute atomic E-state index is 9.93. The highest BCUT2D eigenvalue weighted by molar-refractivity contribution is 5.49. The van der Waals surface area contributed by atoms with E-state index in [1.165, 1.54) is 0 Å². The van der Waals surface area contributed by atoms with E-state index in [0.29, 0.717) is 13.0 Å². The fourth-order valence-electron chi connectivity index (χ4n) is 0.649. The third kappa shape index (κ3) is 5.07. The molecule has 0 aromatic heterocycles. The molecule has 0 radical (unpaired) electrons. The van der Waals surface area contributed by atoms with E-state index in [2.05, 4.69) is 0 Å². The minimum atomic E-state index is 0.210. The Morgan fingerprint density at radius 2 is 1.82 bits per heavy atom. The van der Waals surface area contributed by atoms with Crippen molar-refractivity contribution in [2.45, 2.75) is 6.42 Å². The summed E-state index contributed by atoms with van der Waals surface area (Å²) in [5.74, 6) is 0. The summed E-state index contributed by atoms with van der Waals surface area (Å²) in [4.78, 5) is 11.5. The molecule has 0 fully saturated rings. The summed E-state index contributed by atoms with van der Waals surface area (Å²) >= 11 is 0. The van der Waals surface area contributed by atoms with Gasteiger partial charge in [-0.3, -0.25) is 4.90 Å². The minimum Gasteiger partial charge on any atom is -0.303 e. The average Bonchev–Trinajstić information content (AvgIpc) is 2.01. The molecule has 0 bridgehead atoms. The Hall–Kier alpha value is -1.39. The summed E-state index contributed by atoms with van der Waals surface area (Å²) in [6, 6.07) is 3.84. The number of nitriles is 2. The first-order valence-corrected chi connectivity index (χ1v) is 3.25. The maximum Gasteiger partial charge on any atom is 0.121 e. The fraction of sp³-hybridized carbons (Fsp3) is 0.571. The summed E-state index contributed by atoms with van der Waals surface area (Å²) in [7, 11) is 0. The topological polar surface area (TPSA) is 67.9 Å². The second-order valence-electron chi connectivity index (χ2n) is 1.98. The van der Waals surface area contributed by atoms with Gasteiger partial charge in [-0.2, -0.15) is 10.5 Å². The van der Waals surface area contributed by atoms with Crippen LogP contribution in [0.15, 0.2) is 0 Å². The van der Waals surface area contributed by atoms with Crippen LogP contribution in [0.1, 0.15) is 6.42 Å². The van der Waals surface area contributed by atoms with Crippen LogP contribution in [0.25, 0.3) is 0 Å². The van der Waals surface area contributed by atoms with Crippen molar-refractivity contribution in [2.75, 3.05) is 19.6 Å². The molecule has 11 heavy (non-hydrogen) atoms. The Balaban J connectivity index is 3.62. The van der Waals surface area contributed by atoms with Crippen molar-refractivity contribution in [1.29, 1.82) is 10.5 Å². The van der Waals surface area contributed by atoms with Crippen molar-refractivity contribution in [3.8, 4) is 12.1 Å². The number of carbonyl (C=O) groups excluding carboxylic acids is 1. The molecule has 4 heteroatoms. The van der Waals surface area contributed by atoms with Crippen LogP contribution in [0.5, 0.6) is 0 Å². The molecular formula is C7H9N3O. The van der Waals surface area contributed by atoms with E-state index in [1.807, 2.05) is 12.1 Å². The molecule has 0 saturated heterocycles. The first kappa shape index (κ1) is 9.61. The van der Waals surface area contributed by atoms with Gasteiger partial charge in [0.2, 0.25) is 0 Å². The predicted molar refractivity (Wildman–Crippen MR) is 38.3 cm³/mol. The maximum atomic E-state index is 9.93. The van der Waals surface area contributed by atoms with E-state index in [1.54, 1.807) is 4.90 Å². The van der Waals surface area contributed by atoms with Crippen LogP contribution in [0.3, 0.4) is 0 Å². The minimum absolute atomic E-state index is 0.210. The Bertz CT molecular complexity index is 173. The molecule has 0 amide bonds. The normalized spacial score (nSPS) is 8.64. The lowest BCUT2D eigenvalue weighted by Gasteiger charge is -2.11. The first-order chi connectivity index (χ1) is 5.35. The molecular weight excluding hydrogens is 142 g/mol. The molecule has 0 saturated carbocycles. The molecule has 0 rings (SSSR count). The van der Waals surface area contributed by atoms with E-state index < -0.39 is 0 Å². The molecule has 58 valence electrons. The summed E-state index contributed by atoms with van der Waals surface area (Å²) in [5, 5.41) is 16.5. The Morgan fingerprint density at radius 1 is 1.27 bits per heavy atom. The molecule has 0 aromatic carbocycles. The van der Waals surface area contributed by atoms with Crippen LogP contribution in [-0.2, 0) is 4.79 Å². The molecule has 4 nitrogen and oxygen atoms in total. The molecule has 0 aliphatic heterocycles. The molecule has 0 aliphatic rings. The average molecular weight is 151 g/mol. The van der Waals surface area contributed by atoms with Crippen molar-refractivity contribution in [3.63, 3.8) is 0 Å². The molecule has 0 unspecified atom stereocenters. The van der Waals surface area contributed by atoms with Crippen molar-refractivity contribution < 1.29 is 4.79 Å². The highest BCUT2D eigenvalue weighted by Gasteiger charge is 2.00. The Kier molecular flexibility index (Phi) is 5.88. The molecule has 0 aromatic rings. The van der Waals surface area contributed by atoms with E-state index in [9.17, 15) is 4.79 Å². The number of rotatable bonds is 5. The second-order valence-corrected chi connectivity index (χ2v) is 1.98. The van der Waals surface area contributed by atoms with E-state index in [-0.39, 0.29) is 13.1 Å². The molecule has 0 spiro atoms. The summed E-state index contributed by atoms with van der Waals surface area (Å²) in [5.41, 5.74) is 0. The standard InChI is InChI=1S/C7H9N3O/c8-2-5-10(6-3-9)4-1-7-11/h7H,1,4-6H2. The third-order valence-corrected chi connectivity index (χ3v) is 1.15. The number of hydrogen-bond acceptors (Lipinski definition) is 4. The number of nitrogens with zero attached hydrogens (tertiary/aromatic N) is 3. The first-order valence-electron chi connectivity index (χ1n) is 3.25. The number of carbonyl (C=O) groups is 1. The zero-order chi connectivity index (χ0) is 8.53. The third-order valence-electron chi connectivity index (χ3n) is 1.15. The van der Waals surface area contributed by atoms with Gasteiger partial charge in [0.15, 0.2) is 0 Å². The van der Waals surface area contributed by atoms with Crippen LogP contribution in [0, 0.1) is 22.7 Å². The zero-order valence-corrected chi connectivity index (χ0v) is 6.16. The number of hydrogen-bond donors (Lipinski definition) is 0. The lowest BCUT2D eigenvalue weighted by atomic mass is 10.4. The van der Waals surface area contributed by atoms with Gasteiger partial charge in [0.25, 0.3) is 0 Å². The van der Waals surface area contributed by atoms with Crippen molar-refractivity contribution >= 4 is 6.29 Å².